The van der Waals surface area contributed by atoms with Crippen molar-refractivity contribution in [1.82, 2.24) is 9.97 Å². The van der Waals surface area contributed by atoms with E-state index >= 15 is 0 Å². The fraction of sp³-hybridized carbons (Fsp3) is 0.286. The molecular formula is C14H16FN3O. The summed E-state index contributed by atoms with van der Waals surface area (Å²) >= 11 is 0. The van der Waals surface area contributed by atoms with Gasteiger partial charge in [-0.05, 0) is 31.0 Å². The molecule has 19 heavy (non-hydrogen) atoms. The topological polar surface area (TPSA) is 58.0 Å². The normalized spacial score (nSPS) is 13.8. The van der Waals surface area contributed by atoms with Gasteiger partial charge >= 0.3 is 0 Å². The van der Waals surface area contributed by atoms with E-state index in [-0.39, 0.29) is 11.9 Å². The highest BCUT2D eigenvalue weighted by molar-refractivity contribution is 5.31. The van der Waals surface area contributed by atoms with E-state index in [0.717, 1.165) is 0 Å². The molecule has 0 amide bonds. The van der Waals surface area contributed by atoms with Crippen molar-refractivity contribution in [3.05, 3.63) is 54.2 Å². The van der Waals surface area contributed by atoms with Crippen LogP contribution in [0.5, 0.6) is 0 Å². The zero-order valence-corrected chi connectivity index (χ0v) is 10.6. The summed E-state index contributed by atoms with van der Waals surface area (Å²) in [4.78, 5) is 8.06. The summed E-state index contributed by atoms with van der Waals surface area (Å²) < 4.78 is 12.8. The van der Waals surface area contributed by atoms with E-state index in [1.54, 1.807) is 30.7 Å². The summed E-state index contributed by atoms with van der Waals surface area (Å²) in [5.41, 5.74) is 0.703. The number of rotatable bonds is 5. The minimum absolute atomic E-state index is 0.0248. The Hall–Kier alpha value is -2.01. The Labute approximate surface area is 111 Å². The second-order valence-electron chi connectivity index (χ2n) is 4.44. The summed E-state index contributed by atoms with van der Waals surface area (Å²) in [5, 5.41) is 13.2. The number of hydrogen-bond acceptors (Lipinski definition) is 4. The molecule has 0 aliphatic rings. The maximum absolute atomic E-state index is 12.8. The molecule has 0 radical (unpaired) electrons. The molecule has 0 bridgehead atoms. The van der Waals surface area contributed by atoms with E-state index in [9.17, 15) is 9.50 Å². The van der Waals surface area contributed by atoms with Crippen LogP contribution >= 0.6 is 0 Å². The fourth-order valence-electron chi connectivity index (χ4n) is 1.84. The number of benzene rings is 1. The van der Waals surface area contributed by atoms with Gasteiger partial charge in [-0.2, -0.15) is 0 Å². The first-order chi connectivity index (χ1) is 9.15. The molecule has 0 fully saturated rings. The molecule has 100 valence electrons. The van der Waals surface area contributed by atoms with Crippen LogP contribution in [0.4, 0.5) is 10.2 Å². The second kappa shape index (κ2) is 6.24. The van der Waals surface area contributed by atoms with Gasteiger partial charge in [0.05, 0.1) is 12.3 Å². The molecule has 0 saturated heterocycles. The van der Waals surface area contributed by atoms with Crippen molar-refractivity contribution >= 4 is 5.82 Å². The van der Waals surface area contributed by atoms with Crippen LogP contribution in [0, 0.1) is 5.82 Å². The molecule has 1 heterocycles. The first kappa shape index (κ1) is 13.4. The molecule has 2 N–H and O–H groups in total. The van der Waals surface area contributed by atoms with Gasteiger partial charge in [0.1, 0.15) is 11.6 Å². The van der Waals surface area contributed by atoms with E-state index in [1.165, 1.54) is 12.1 Å². The summed E-state index contributed by atoms with van der Waals surface area (Å²) in [6.45, 7) is 1.95. The van der Waals surface area contributed by atoms with Crippen molar-refractivity contribution in [1.29, 1.82) is 0 Å². The third-order valence-corrected chi connectivity index (χ3v) is 2.79. The summed E-state index contributed by atoms with van der Waals surface area (Å²) in [6.07, 6.45) is 4.69. The second-order valence-corrected chi connectivity index (χ2v) is 4.44. The minimum atomic E-state index is -0.639. The van der Waals surface area contributed by atoms with E-state index in [1.807, 2.05) is 6.92 Å². The summed E-state index contributed by atoms with van der Waals surface area (Å²) in [7, 11) is 0. The maximum Gasteiger partial charge on any atom is 0.144 e. The fourth-order valence-corrected chi connectivity index (χ4v) is 1.84. The predicted molar refractivity (Wildman–Crippen MR) is 71.1 cm³/mol. The quantitative estimate of drug-likeness (QED) is 0.868. The molecule has 2 rings (SSSR count). The Balaban J connectivity index is 1.91. The third kappa shape index (κ3) is 3.99. The van der Waals surface area contributed by atoms with Crippen LogP contribution in [0.2, 0.25) is 0 Å². The smallest absolute Gasteiger partial charge is 0.144 e. The SMILES string of the molecule is C[C@@H](C[C@H](O)c1ccc(F)cc1)Nc1cnccn1. The lowest BCUT2D eigenvalue weighted by molar-refractivity contribution is 0.162. The summed E-state index contributed by atoms with van der Waals surface area (Å²) in [5.74, 6) is 0.364. The number of nitrogens with zero attached hydrogens (tertiary/aromatic N) is 2. The average molecular weight is 261 g/mol. The lowest BCUT2D eigenvalue weighted by atomic mass is 10.0. The molecule has 2 aromatic rings. The summed E-state index contributed by atoms with van der Waals surface area (Å²) in [6, 6.07) is 5.90. The van der Waals surface area contributed by atoms with E-state index < -0.39 is 6.10 Å². The Kier molecular flexibility index (Phi) is 4.41. The molecular weight excluding hydrogens is 245 g/mol. The van der Waals surface area contributed by atoms with Gasteiger partial charge in [0.15, 0.2) is 0 Å². The number of aliphatic hydroxyl groups excluding tert-OH is 1. The maximum atomic E-state index is 12.8. The van der Waals surface area contributed by atoms with Crippen LogP contribution in [0.1, 0.15) is 25.0 Å². The average Bonchev–Trinajstić information content (AvgIpc) is 2.40. The van der Waals surface area contributed by atoms with Gasteiger partial charge < -0.3 is 10.4 Å². The molecule has 0 aliphatic carbocycles. The van der Waals surface area contributed by atoms with Crippen LogP contribution in [0.25, 0.3) is 0 Å². The van der Waals surface area contributed by atoms with Gasteiger partial charge in [0, 0.05) is 18.4 Å². The van der Waals surface area contributed by atoms with Crippen molar-refractivity contribution in [3.63, 3.8) is 0 Å². The Bertz CT molecular complexity index is 504. The molecule has 4 nitrogen and oxygen atoms in total. The van der Waals surface area contributed by atoms with Crippen LogP contribution in [0.3, 0.4) is 0 Å². The van der Waals surface area contributed by atoms with Crippen molar-refractivity contribution in [2.24, 2.45) is 0 Å². The number of anilines is 1. The zero-order valence-electron chi connectivity index (χ0n) is 10.6. The van der Waals surface area contributed by atoms with Gasteiger partial charge in [-0.3, -0.25) is 4.98 Å². The van der Waals surface area contributed by atoms with Crippen LogP contribution in [-0.2, 0) is 0 Å². The molecule has 0 saturated carbocycles. The number of aliphatic hydroxyl groups is 1. The van der Waals surface area contributed by atoms with Gasteiger partial charge in [-0.25, -0.2) is 9.37 Å². The van der Waals surface area contributed by atoms with E-state index in [0.29, 0.717) is 17.8 Å². The minimum Gasteiger partial charge on any atom is -0.388 e. The molecule has 0 unspecified atom stereocenters. The highest BCUT2D eigenvalue weighted by Crippen LogP contribution is 2.19. The van der Waals surface area contributed by atoms with E-state index in [2.05, 4.69) is 15.3 Å². The first-order valence-corrected chi connectivity index (χ1v) is 6.11. The van der Waals surface area contributed by atoms with Crippen LogP contribution in [-0.4, -0.2) is 21.1 Å². The highest BCUT2D eigenvalue weighted by atomic mass is 19.1. The number of nitrogens with one attached hydrogen (secondary N) is 1. The monoisotopic (exact) mass is 261 g/mol. The Morgan fingerprint density at radius 2 is 2.00 bits per heavy atom. The number of hydrogen-bond donors (Lipinski definition) is 2. The molecule has 0 spiro atoms. The lowest BCUT2D eigenvalue weighted by Gasteiger charge is -2.18. The van der Waals surface area contributed by atoms with Crippen molar-refractivity contribution in [2.75, 3.05) is 5.32 Å². The van der Waals surface area contributed by atoms with Gasteiger partial charge in [-0.1, -0.05) is 12.1 Å². The predicted octanol–water partition coefficient (Wildman–Crippen LogP) is 2.54. The van der Waals surface area contributed by atoms with Gasteiger partial charge in [-0.15, -0.1) is 0 Å². The molecule has 1 aromatic heterocycles. The number of aromatic nitrogens is 2. The van der Waals surface area contributed by atoms with Gasteiger partial charge in [0.2, 0.25) is 0 Å². The zero-order chi connectivity index (χ0) is 13.7. The molecule has 5 heteroatoms. The Morgan fingerprint density at radius 3 is 2.63 bits per heavy atom. The van der Waals surface area contributed by atoms with Crippen LogP contribution < -0.4 is 5.32 Å². The van der Waals surface area contributed by atoms with Gasteiger partial charge in [0.25, 0.3) is 0 Å². The van der Waals surface area contributed by atoms with Crippen molar-refractivity contribution in [3.8, 4) is 0 Å². The standard InChI is InChI=1S/C14H16FN3O/c1-10(18-14-9-16-6-7-17-14)8-13(19)11-2-4-12(15)5-3-11/h2-7,9-10,13,19H,8H2,1H3,(H,17,18)/t10-,13-/m0/s1. The lowest BCUT2D eigenvalue weighted by Crippen LogP contribution is -2.19. The highest BCUT2D eigenvalue weighted by Gasteiger charge is 2.12. The number of halogens is 1. The third-order valence-electron chi connectivity index (χ3n) is 2.79. The largest absolute Gasteiger partial charge is 0.388 e. The molecule has 0 aliphatic heterocycles. The van der Waals surface area contributed by atoms with Crippen LogP contribution in [0.15, 0.2) is 42.9 Å². The van der Waals surface area contributed by atoms with E-state index in [4.69, 9.17) is 0 Å². The first-order valence-electron chi connectivity index (χ1n) is 6.11. The Morgan fingerprint density at radius 1 is 1.26 bits per heavy atom. The molecule has 1 aromatic carbocycles. The molecule has 2 atom stereocenters. The van der Waals surface area contributed by atoms with Crippen molar-refractivity contribution < 1.29 is 9.50 Å². The van der Waals surface area contributed by atoms with Crippen molar-refractivity contribution in [2.45, 2.75) is 25.5 Å².